The zero-order valence-electron chi connectivity index (χ0n) is 11.5. The Balaban J connectivity index is 4.61. The second-order valence-electron chi connectivity index (χ2n) is 5.00. The molecule has 0 aromatic rings. The van der Waals surface area contributed by atoms with Gasteiger partial charge in [0.15, 0.2) is 12.4 Å². The van der Waals surface area contributed by atoms with Crippen LogP contribution in [0.3, 0.4) is 0 Å². The van der Waals surface area contributed by atoms with Gasteiger partial charge in [0.25, 0.3) is 0 Å². The fourth-order valence-corrected chi connectivity index (χ4v) is 1.53. The van der Waals surface area contributed by atoms with Crippen molar-refractivity contribution in [2.75, 3.05) is 6.61 Å². The molecule has 0 saturated heterocycles. The first kappa shape index (κ1) is 18.9. The molecule has 20 heavy (non-hydrogen) atoms. The van der Waals surface area contributed by atoms with E-state index in [1.54, 1.807) is 0 Å². The van der Waals surface area contributed by atoms with Crippen molar-refractivity contribution >= 4 is 12.3 Å². The minimum Gasteiger partial charge on any atom is -0.451 e. The Hall–Kier alpha value is -1.06. The van der Waals surface area contributed by atoms with Crippen molar-refractivity contribution in [2.45, 2.75) is 50.7 Å². The molecule has 0 saturated carbocycles. The molecule has 0 amide bonds. The van der Waals surface area contributed by atoms with Gasteiger partial charge in [0.2, 0.25) is 0 Å². The maximum atomic E-state index is 11.6. The molecule has 0 aliphatic heterocycles. The third-order valence-electron chi connectivity index (χ3n) is 2.68. The van der Waals surface area contributed by atoms with E-state index in [2.05, 4.69) is 0 Å². The number of ether oxygens (including phenoxy) is 1. The average Bonchev–Trinajstić information content (AvgIpc) is 2.40. The van der Waals surface area contributed by atoms with Crippen LogP contribution in [0.1, 0.15) is 20.3 Å². The standard InChI is InChI=1S/C12H23NO7/c1-6(2)3-7(13)12(19)20-9(5-15)11(18)10(17)8(16)4-14/h5-11,14,16-18H,3-4,13H2,1-2H3/t7-,8+,9-,10-,11+/m0/s1. The summed E-state index contributed by atoms with van der Waals surface area (Å²) in [5.74, 6) is -0.750. The van der Waals surface area contributed by atoms with Gasteiger partial charge in [-0.1, -0.05) is 13.8 Å². The van der Waals surface area contributed by atoms with Crippen LogP contribution in [-0.4, -0.2) is 69.7 Å². The molecule has 0 aliphatic carbocycles. The van der Waals surface area contributed by atoms with Crippen molar-refractivity contribution in [3.8, 4) is 0 Å². The first-order chi connectivity index (χ1) is 9.24. The van der Waals surface area contributed by atoms with Crippen LogP contribution in [0.5, 0.6) is 0 Å². The van der Waals surface area contributed by atoms with E-state index in [4.69, 9.17) is 20.7 Å². The molecule has 5 atom stereocenters. The number of rotatable bonds is 9. The first-order valence-electron chi connectivity index (χ1n) is 6.31. The average molecular weight is 293 g/mol. The van der Waals surface area contributed by atoms with E-state index in [0.29, 0.717) is 6.42 Å². The van der Waals surface area contributed by atoms with Gasteiger partial charge in [0.1, 0.15) is 24.4 Å². The van der Waals surface area contributed by atoms with Crippen LogP contribution in [0.4, 0.5) is 0 Å². The van der Waals surface area contributed by atoms with E-state index in [9.17, 15) is 19.8 Å². The van der Waals surface area contributed by atoms with Gasteiger partial charge in [-0.2, -0.15) is 0 Å². The third kappa shape index (κ3) is 5.93. The highest BCUT2D eigenvalue weighted by molar-refractivity contribution is 5.77. The number of carbonyl (C=O) groups excluding carboxylic acids is 2. The van der Waals surface area contributed by atoms with Crippen LogP contribution in [-0.2, 0) is 14.3 Å². The molecule has 0 spiro atoms. The quantitative estimate of drug-likeness (QED) is 0.232. The van der Waals surface area contributed by atoms with Gasteiger partial charge in [-0.05, 0) is 12.3 Å². The first-order valence-corrected chi connectivity index (χ1v) is 6.31. The molecule has 6 N–H and O–H groups in total. The lowest BCUT2D eigenvalue weighted by molar-refractivity contribution is -0.169. The summed E-state index contributed by atoms with van der Waals surface area (Å²) in [6.07, 6.45) is -6.55. The molecular formula is C12H23NO7. The van der Waals surface area contributed by atoms with E-state index < -0.39 is 43.0 Å². The minimum absolute atomic E-state index is 0.123. The number of aliphatic hydroxyl groups is 4. The molecule has 0 aromatic carbocycles. The second kappa shape index (κ2) is 8.98. The fraction of sp³-hybridized carbons (Fsp3) is 0.833. The Morgan fingerprint density at radius 3 is 2.20 bits per heavy atom. The smallest absolute Gasteiger partial charge is 0.323 e. The number of esters is 1. The molecule has 0 bridgehead atoms. The highest BCUT2D eigenvalue weighted by atomic mass is 16.6. The SMILES string of the molecule is CC(C)C[C@H](N)C(=O)O[C@@H](C=O)[C@@H](O)[C@@H](O)[C@H](O)CO. The second-order valence-corrected chi connectivity index (χ2v) is 5.00. The summed E-state index contributed by atoms with van der Waals surface area (Å²) in [6, 6.07) is -0.954. The summed E-state index contributed by atoms with van der Waals surface area (Å²) in [6.45, 7) is 2.88. The maximum absolute atomic E-state index is 11.6. The number of aliphatic hydroxyl groups excluding tert-OH is 4. The van der Waals surface area contributed by atoms with E-state index in [-0.39, 0.29) is 12.2 Å². The molecule has 0 aliphatic rings. The zero-order chi connectivity index (χ0) is 15.9. The maximum Gasteiger partial charge on any atom is 0.323 e. The molecule has 0 aromatic heterocycles. The van der Waals surface area contributed by atoms with Gasteiger partial charge in [-0.25, -0.2) is 0 Å². The van der Waals surface area contributed by atoms with Crippen LogP contribution < -0.4 is 5.73 Å². The Morgan fingerprint density at radius 2 is 1.80 bits per heavy atom. The summed E-state index contributed by atoms with van der Waals surface area (Å²) in [4.78, 5) is 22.4. The summed E-state index contributed by atoms with van der Waals surface area (Å²) in [7, 11) is 0. The number of hydrogen-bond donors (Lipinski definition) is 5. The summed E-state index contributed by atoms with van der Waals surface area (Å²) < 4.78 is 4.71. The molecule has 0 rings (SSSR count). The molecule has 118 valence electrons. The highest BCUT2D eigenvalue weighted by Gasteiger charge is 2.34. The van der Waals surface area contributed by atoms with Gasteiger partial charge < -0.3 is 30.9 Å². The molecule has 8 heteroatoms. The Bertz CT molecular complexity index is 310. The molecule has 0 radical (unpaired) electrons. The number of hydrogen-bond acceptors (Lipinski definition) is 8. The zero-order valence-corrected chi connectivity index (χ0v) is 11.5. The largest absolute Gasteiger partial charge is 0.451 e. The lowest BCUT2D eigenvalue weighted by Crippen LogP contribution is -2.49. The van der Waals surface area contributed by atoms with Crippen LogP contribution in [0.25, 0.3) is 0 Å². The van der Waals surface area contributed by atoms with Crippen LogP contribution in [0.15, 0.2) is 0 Å². The summed E-state index contributed by atoms with van der Waals surface area (Å²) in [5, 5.41) is 36.9. The lowest BCUT2D eigenvalue weighted by atomic mass is 10.0. The Labute approximate surface area is 117 Å². The van der Waals surface area contributed by atoms with Crippen molar-refractivity contribution in [1.29, 1.82) is 0 Å². The molecule has 0 fully saturated rings. The van der Waals surface area contributed by atoms with Crippen molar-refractivity contribution in [2.24, 2.45) is 11.7 Å². The van der Waals surface area contributed by atoms with Crippen molar-refractivity contribution in [3.63, 3.8) is 0 Å². The number of nitrogens with two attached hydrogens (primary N) is 1. The Morgan fingerprint density at radius 1 is 1.25 bits per heavy atom. The monoisotopic (exact) mass is 293 g/mol. The van der Waals surface area contributed by atoms with Gasteiger partial charge in [-0.15, -0.1) is 0 Å². The van der Waals surface area contributed by atoms with Crippen LogP contribution in [0.2, 0.25) is 0 Å². The van der Waals surface area contributed by atoms with Crippen molar-refractivity contribution in [1.82, 2.24) is 0 Å². The fourth-order valence-electron chi connectivity index (χ4n) is 1.53. The Kier molecular flexibility index (Phi) is 8.51. The van der Waals surface area contributed by atoms with E-state index >= 15 is 0 Å². The van der Waals surface area contributed by atoms with Gasteiger partial charge in [0, 0.05) is 0 Å². The molecular weight excluding hydrogens is 270 g/mol. The summed E-state index contributed by atoms with van der Waals surface area (Å²) in [5.41, 5.74) is 5.56. The minimum atomic E-state index is -1.86. The van der Waals surface area contributed by atoms with Crippen molar-refractivity contribution in [3.05, 3.63) is 0 Å². The van der Waals surface area contributed by atoms with E-state index in [1.165, 1.54) is 0 Å². The van der Waals surface area contributed by atoms with E-state index in [0.717, 1.165) is 0 Å². The molecule has 0 heterocycles. The van der Waals surface area contributed by atoms with Gasteiger partial charge >= 0.3 is 5.97 Å². The molecule has 0 unspecified atom stereocenters. The lowest BCUT2D eigenvalue weighted by Gasteiger charge is -2.26. The number of carbonyl (C=O) groups is 2. The van der Waals surface area contributed by atoms with Crippen molar-refractivity contribution < 1.29 is 34.8 Å². The van der Waals surface area contributed by atoms with Crippen LogP contribution in [0, 0.1) is 5.92 Å². The topological polar surface area (TPSA) is 150 Å². The normalized spacial score (nSPS) is 19.0. The number of aldehydes is 1. The third-order valence-corrected chi connectivity index (χ3v) is 2.68. The molecule has 8 nitrogen and oxygen atoms in total. The highest BCUT2D eigenvalue weighted by Crippen LogP contribution is 2.10. The van der Waals surface area contributed by atoms with Gasteiger partial charge in [0.05, 0.1) is 6.61 Å². The predicted octanol–water partition coefficient (Wildman–Crippen LogP) is -2.45. The van der Waals surface area contributed by atoms with Crippen LogP contribution >= 0.6 is 0 Å². The van der Waals surface area contributed by atoms with E-state index in [1.807, 2.05) is 13.8 Å². The summed E-state index contributed by atoms with van der Waals surface area (Å²) >= 11 is 0. The van der Waals surface area contributed by atoms with Gasteiger partial charge in [-0.3, -0.25) is 9.59 Å². The predicted molar refractivity (Wildman–Crippen MR) is 68.5 cm³/mol.